The fourth-order valence-electron chi connectivity index (χ4n) is 3.21. The molecule has 17 heavy (non-hydrogen) atoms. The van der Waals surface area contributed by atoms with Gasteiger partial charge in [0.1, 0.15) is 12.6 Å². The highest BCUT2D eigenvalue weighted by molar-refractivity contribution is 5.81. The molecule has 0 aromatic carbocycles. The maximum Gasteiger partial charge on any atom is 0.146 e. The molecule has 1 rings (SSSR count). The van der Waals surface area contributed by atoms with Crippen molar-refractivity contribution in [3.63, 3.8) is 0 Å². The van der Waals surface area contributed by atoms with E-state index in [1.165, 1.54) is 0 Å². The van der Waals surface area contributed by atoms with Gasteiger partial charge in [-0.1, -0.05) is 27.7 Å². The van der Waals surface area contributed by atoms with Crippen LogP contribution in [0.3, 0.4) is 0 Å². The summed E-state index contributed by atoms with van der Waals surface area (Å²) < 4.78 is 10.2. The number of ketones is 1. The second kappa shape index (κ2) is 5.96. The van der Waals surface area contributed by atoms with Crippen LogP contribution in [0.2, 0.25) is 0 Å². The van der Waals surface area contributed by atoms with Crippen molar-refractivity contribution in [1.29, 1.82) is 0 Å². The monoisotopic (exact) mass is 242 g/mol. The first-order chi connectivity index (χ1) is 7.96. The van der Waals surface area contributed by atoms with Crippen molar-refractivity contribution >= 4 is 5.78 Å². The Morgan fingerprint density at radius 1 is 1.41 bits per heavy atom. The van der Waals surface area contributed by atoms with Gasteiger partial charge in [0.2, 0.25) is 0 Å². The van der Waals surface area contributed by atoms with E-state index in [1.807, 2.05) is 6.92 Å². The highest BCUT2D eigenvalue weighted by Gasteiger charge is 2.59. The summed E-state index contributed by atoms with van der Waals surface area (Å²) in [7, 11) is 1.63. The van der Waals surface area contributed by atoms with Gasteiger partial charge in [-0.05, 0) is 23.7 Å². The molecule has 0 saturated heterocycles. The van der Waals surface area contributed by atoms with Gasteiger partial charge in [-0.15, -0.1) is 0 Å². The van der Waals surface area contributed by atoms with Crippen molar-refractivity contribution in [3.8, 4) is 0 Å². The lowest BCUT2D eigenvalue weighted by molar-refractivity contribution is -0.123. The van der Waals surface area contributed by atoms with Crippen LogP contribution in [0.15, 0.2) is 0 Å². The Kier molecular flexibility index (Phi) is 5.14. The van der Waals surface area contributed by atoms with Crippen molar-refractivity contribution in [2.24, 2.45) is 23.2 Å². The van der Waals surface area contributed by atoms with Gasteiger partial charge in [0, 0.05) is 26.1 Å². The molecule has 1 saturated carbocycles. The van der Waals surface area contributed by atoms with Crippen LogP contribution in [0, 0.1) is 23.2 Å². The van der Waals surface area contributed by atoms with Gasteiger partial charge in [0.15, 0.2) is 0 Å². The van der Waals surface area contributed by atoms with Crippen molar-refractivity contribution in [2.45, 2.75) is 40.5 Å². The number of methoxy groups -OCH3 is 1. The van der Waals surface area contributed by atoms with Crippen LogP contribution >= 0.6 is 0 Å². The zero-order chi connectivity index (χ0) is 13.1. The van der Waals surface area contributed by atoms with E-state index < -0.39 is 0 Å². The van der Waals surface area contributed by atoms with E-state index in [1.54, 1.807) is 7.11 Å². The van der Waals surface area contributed by atoms with Crippen LogP contribution in [0.5, 0.6) is 0 Å². The van der Waals surface area contributed by atoms with Gasteiger partial charge in [-0.25, -0.2) is 0 Å². The number of ether oxygens (including phenoxy) is 2. The second-order valence-corrected chi connectivity index (χ2v) is 5.67. The van der Waals surface area contributed by atoms with Crippen LogP contribution in [0.4, 0.5) is 0 Å². The molecule has 1 aliphatic rings. The van der Waals surface area contributed by atoms with E-state index in [-0.39, 0.29) is 5.92 Å². The molecular weight excluding hydrogens is 216 g/mol. The Labute approximate surface area is 105 Å². The lowest BCUT2D eigenvalue weighted by Crippen LogP contribution is -2.14. The largest absolute Gasteiger partial charge is 0.359 e. The highest BCUT2D eigenvalue weighted by atomic mass is 16.7. The third-order valence-electron chi connectivity index (χ3n) is 4.31. The summed E-state index contributed by atoms with van der Waals surface area (Å²) in [4.78, 5) is 11.8. The Morgan fingerprint density at radius 2 is 2.06 bits per heavy atom. The summed E-state index contributed by atoms with van der Waals surface area (Å²) in [6.45, 7) is 9.64. The molecule has 1 fully saturated rings. The average Bonchev–Trinajstić information content (AvgIpc) is 2.84. The lowest BCUT2D eigenvalue weighted by Gasteiger charge is -2.10. The zero-order valence-corrected chi connectivity index (χ0v) is 11.8. The number of hydrogen-bond donors (Lipinski definition) is 0. The van der Waals surface area contributed by atoms with E-state index in [4.69, 9.17) is 9.47 Å². The molecule has 3 atom stereocenters. The summed E-state index contributed by atoms with van der Waals surface area (Å²) >= 11 is 0. The number of Topliss-reactive ketones (excluding diaryl/α,β-unsaturated/α-hetero) is 1. The van der Waals surface area contributed by atoms with Gasteiger partial charge in [-0.2, -0.15) is 0 Å². The molecular formula is C14H26O3. The summed E-state index contributed by atoms with van der Waals surface area (Å²) in [5, 5.41) is 0. The molecule has 0 spiro atoms. The van der Waals surface area contributed by atoms with E-state index in [9.17, 15) is 4.79 Å². The number of carbonyl (C=O) groups excluding carboxylic acids is 1. The molecule has 0 heterocycles. The first-order valence-corrected chi connectivity index (χ1v) is 6.56. The molecule has 100 valence electrons. The van der Waals surface area contributed by atoms with Gasteiger partial charge in [-0.3, -0.25) is 4.79 Å². The third kappa shape index (κ3) is 3.29. The summed E-state index contributed by atoms with van der Waals surface area (Å²) in [6.07, 6.45) is 1.68. The molecule has 1 unspecified atom stereocenters. The maximum absolute atomic E-state index is 11.8. The molecule has 0 aromatic rings. The van der Waals surface area contributed by atoms with Crippen LogP contribution in [-0.4, -0.2) is 26.3 Å². The predicted molar refractivity (Wildman–Crippen MR) is 67.7 cm³/mol. The minimum atomic E-state index is 0.197. The number of rotatable bonds is 8. The molecule has 0 bridgehead atoms. The number of hydrogen-bond acceptors (Lipinski definition) is 3. The Morgan fingerprint density at radius 3 is 2.59 bits per heavy atom. The fraction of sp³-hybridized carbons (Fsp3) is 0.929. The van der Waals surface area contributed by atoms with Gasteiger partial charge in [0.05, 0.1) is 0 Å². The quantitative estimate of drug-likeness (QED) is 0.485. The topological polar surface area (TPSA) is 35.5 Å². The molecule has 0 aliphatic heterocycles. The Balaban J connectivity index is 2.39. The van der Waals surface area contributed by atoms with Gasteiger partial charge < -0.3 is 9.47 Å². The van der Waals surface area contributed by atoms with Crippen LogP contribution < -0.4 is 0 Å². The van der Waals surface area contributed by atoms with Crippen LogP contribution in [-0.2, 0) is 14.3 Å². The molecule has 1 aliphatic carbocycles. The summed E-state index contributed by atoms with van der Waals surface area (Å²) in [5.74, 6) is 1.73. The maximum atomic E-state index is 11.8. The molecule has 0 N–H and O–H groups in total. The van der Waals surface area contributed by atoms with Crippen LogP contribution in [0.25, 0.3) is 0 Å². The summed E-state index contributed by atoms with van der Waals surface area (Å²) in [6, 6.07) is 0. The minimum absolute atomic E-state index is 0.197. The van der Waals surface area contributed by atoms with Crippen molar-refractivity contribution in [1.82, 2.24) is 0 Å². The highest BCUT2D eigenvalue weighted by Crippen LogP contribution is 2.63. The average molecular weight is 242 g/mol. The van der Waals surface area contributed by atoms with Gasteiger partial charge >= 0.3 is 0 Å². The van der Waals surface area contributed by atoms with E-state index >= 15 is 0 Å². The molecule has 0 amide bonds. The third-order valence-corrected chi connectivity index (χ3v) is 4.31. The number of carbonyl (C=O) groups is 1. The molecule has 3 heteroatoms. The normalized spacial score (nSPS) is 27.8. The van der Waals surface area contributed by atoms with Crippen molar-refractivity contribution in [2.75, 3.05) is 20.5 Å². The zero-order valence-electron chi connectivity index (χ0n) is 11.8. The minimum Gasteiger partial charge on any atom is -0.359 e. The predicted octanol–water partition coefficient (Wildman–Crippen LogP) is 2.88. The fourth-order valence-corrected chi connectivity index (χ4v) is 3.21. The standard InChI is InChI=1S/C14H26O3/c1-6-12(15)10(2)13-11(14(13,3)4)7-8-17-9-16-5/h10-11,13H,6-9H2,1-5H3/t10?,11-,13-/m1/s1. The van der Waals surface area contributed by atoms with Gasteiger partial charge in [0.25, 0.3) is 0 Å². The lowest BCUT2D eigenvalue weighted by atomic mass is 9.94. The summed E-state index contributed by atoms with van der Waals surface area (Å²) in [5.41, 5.74) is 0.292. The van der Waals surface area contributed by atoms with E-state index in [0.29, 0.717) is 36.2 Å². The van der Waals surface area contributed by atoms with Crippen LogP contribution in [0.1, 0.15) is 40.5 Å². The SMILES string of the molecule is CCC(=O)C(C)[C@@H]1[C@@H](CCOCOC)C1(C)C. The smallest absolute Gasteiger partial charge is 0.146 e. The molecule has 0 radical (unpaired) electrons. The Hall–Kier alpha value is -0.410. The van der Waals surface area contributed by atoms with Crippen molar-refractivity contribution < 1.29 is 14.3 Å². The van der Waals surface area contributed by atoms with E-state index in [2.05, 4.69) is 20.8 Å². The molecule has 0 aromatic heterocycles. The molecule has 3 nitrogen and oxygen atoms in total. The first-order valence-electron chi connectivity index (χ1n) is 6.56. The first kappa shape index (κ1) is 14.7. The van der Waals surface area contributed by atoms with E-state index in [0.717, 1.165) is 13.0 Å². The Bertz CT molecular complexity index is 260. The second-order valence-electron chi connectivity index (χ2n) is 5.67. The van der Waals surface area contributed by atoms with Crippen molar-refractivity contribution in [3.05, 3.63) is 0 Å².